The van der Waals surface area contributed by atoms with Gasteiger partial charge in [-0.1, -0.05) is 30.3 Å². The van der Waals surface area contributed by atoms with Crippen LogP contribution in [0.25, 0.3) is 11.0 Å². The molecule has 0 bridgehead atoms. The quantitative estimate of drug-likeness (QED) is 0.794. The van der Waals surface area contributed by atoms with Crippen molar-refractivity contribution in [2.24, 2.45) is 0 Å². The molecule has 0 saturated carbocycles. The van der Waals surface area contributed by atoms with E-state index in [-0.39, 0.29) is 0 Å². The highest BCUT2D eigenvalue weighted by Crippen LogP contribution is 2.22. The highest BCUT2D eigenvalue weighted by Gasteiger charge is 2.03. The van der Waals surface area contributed by atoms with Crippen LogP contribution < -0.4 is 5.32 Å². The molecular formula is C15H12BrN3. The van der Waals surface area contributed by atoms with Crippen LogP contribution in [0.1, 0.15) is 5.56 Å². The largest absolute Gasteiger partial charge is 0.379 e. The van der Waals surface area contributed by atoms with Gasteiger partial charge in [0.1, 0.15) is 5.52 Å². The number of halogens is 1. The zero-order valence-electron chi connectivity index (χ0n) is 10.2. The minimum absolute atomic E-state index is 0.775. The molecule has 1 N–H and O–H groups in total. The Morgan fingerprint density at radius 1 is 1.05 bits per heavy atom. The predicted octanol–water partition coefficient (Wildman–Crippen LogP) is 4.00. The molecule has 3 aromatic rings. The van der Waals surface area contributed by atoms with Crippen LogP contribution in [0.4, 0.5) is 5.69 Å². The maximum Gasteiger partial charge on any atom is 0.112 e. The van der Waals surface area contributed by atoms with Gasteiger partial charge in [-0.05, 0) is 33.6 Å². The van der Waals surface area contributed by atoms with Gasteiger partial charge in [0.15, 0.2) is 0 Å². The Kier molecular flexibility index (Phi) is 3.42. The number of nitrogens with zero attached hydrogens (tertiary/aromatic N) is 2. The van der Waals surface area contributed by atoms with Crippen molar-refractivity contribution in [1.82, 2.24) is 9.97 Å². The minimum Gasteiger partial charge on any atom is -0.379 e. The number of aromatic nitrogens is 2. The highest BCUT2D eigenvalue weighted by molar-refractivity contribution is 9.10. The molecule has 3 nitrogen and oxygen atoms in total. The first-order valence-corrected chi connectivity index (χ1v) is 6.80. The van der Waals surface area contributed by atoms with Crippen LogP contribution in [0, 0.1) is 0 Å². The minimum atomic E-state index is 0.775. The fourth-order valence-electron chi connectivity index (χ4n) is 1.94. The zero-order chi connectivity index (χ0) is 13.1. The monoisotopic (exact) mass is 313 g/mol. The number of anilines is 1. The van der Waals surface area contributed by atoms with E-state index in [1.54, 1.807) is 12.4 Å². The van der Waals surface area contributed by atoms with Crippen LogP contribution in [-0.2, 0) is 6.54 Å². The summed E-state index contributed by atoms with van der Waals surface area (Å²) >= 11 is 3.41. The third-order valence-electron chi connectivity index (χ3n) is 2.87. The molecule has 0 spiro atoms. The lowest BCUT2D eigenvalue weighted by Crippen LogP contribution is -2.00. The van der Waals surface area contributed by atoms with Crippen molar-refractivity contribution in [1.29, 1.82) is 0 Å². The van der Waals surface area contributed by atoms with E-state index in [1.807, 2.05) is 30.3 Å². The number of nitrogens with one attached hydrogen (secondary N) is 1. The summed E-state index contributed by atoms with van der Waals surface area (Å²) in [6, 6.07) is 14.2. The second-order valence-electron chi connectivity index (χ2n) is 4.22. The van der Waals surface area contributed by atoms with Crippen LogP contribution >= 0.6 is 15.9 Å². The van der Waals surface area contributed by atoms with E-state index in [4.69, 9.17) is 0 Å². The van der Waals surface area contributed by atoms with Crippen molar-refractivity contribution in [2.45, 2.75) is 6.54 Å². The zero-order valence-corrected chi connectivity index (χ0v) is 11.8. The smallest absolute Gasteiger partial charge is 0.112 e. The second-order valence-corrected chi connectivity index (χ2v) is 5.13. The average molecular weight is 314 g/mol. The number of hydrogen-bond acceptors (Lipinski definition) is 3. The van der Waals surface area contributed by atoms with Gasteiger partial charge in [-0.15, -0.1) is 0 Å². The highest BCUT2D eigenvalue weighted by atomic mass is 79.9. The molecule has 0 fully saturated rings. The molecule has 4 heteroatoms. The van der Waals surface area contributed by atoms with Gasteiger partial charge >= 0.3 is 0 Å². The maximum atomic E-state index is 4.42. The number of pyridine rings is 2. The Morgan fingerprint density at radius 3 is 2.74 bits per heavy atom. The molecule has 94 valence electrons. The second kappa shape index (κ2) is 5.36. The number of fused-ring (bicyclic) bond motifs is 1. The van der Waals surface area contributed by atoms with Crippen LogP contribution in [0.2, 0.25) is 0 Å². The van der Waals surface area contributed by atoms with E-state index >= 15 is 0 Å². The molecule has 2 heterocycles. The molecule has 0 aliphatic rings. The summed E-state index contributed by atoms with van der Waals surface area (Å²) in [5.41, 5.74) is 4.01. The number of benzene rings is 1. The molecule has 0 unspecified atom stereocenters. The predicted molar refractivity (Wildman–Crippen MR) is 81.0 cm³/mol. The summed E-state index contributed by atoms with van der Waals surface area (Å²) in [5.74, 6) is 0. The SMILES string of the molecule is Brc1cnc2c(NCc3ccccc3)ccnc2c1. The first kappa shape index (κ1) is 12.1. The molecule has 1 aromatic carbocycles. The van der Waals surface area contributed by atoms with Crippen molar-refractivity contribution < 1.29 is 0 Å². The molecule has 0 atom stereocenters. The summed E-state index contributed by atoms with van der Waals surface area (Å²) in [6.45, 7) is 0.775. The summed E-state index contributed by atoms with van der Waals surface area (Å²) in [7, 11) is 0. The van der Waals surface area contributed by atoms with Crippen LogP contribution in [0.15, 0.2) is 59.3 Å². The third kappa shape index (κ3) is 2.74. The molecular weight excluding hydrogens is 302 g/mol. The van der Waals surface area contributed by atoms with Crippen LogP contribution in [-0.4, -0.2) is 9.97 Å². The normalized spacial score (nSPS) is 10.6. The lowest BCUT2D eigenvalue weighted by molar-refractivity contribution is 1.15. The Hall–Kier alpha value is -1.94. The first-order chi connectivity index (χ1) is 9.33. The van der Waals surface area contributed by atoms with Crippen molar-refractivity contribution in [3.05, 3.63) is 64.9 Å². The van der Waals surface area contributed by atoms with Crippen molar-refractivity contribution in [3.8, 4) is 0 Å². The van der Waals surface area contributed by atoms with Gasteiger partial charge in [-0.3, -0.25) is 9.97 Å². The van der Waals surface area contributed by atoms with E-state index in [0.29, 0.717) is 0 Å². The average Bonchev–Trinajstić information content (AvgIpc) is 2.45. The summed E-state index contributed by atoms with van der Waals surface area (Å²) in [4.78, 5) is 8.75. The number of hydrogen-bond donors (Lipinski definition) is 1. The van der Waals surface area contributed by atoms with Gasteiger partial charge in [0.05, 0.1) is 11.2 Å². The van der Waals surface area contributed by atoms with E-state index in [9.17, 15) is 0 Å². The molecule has 0 aliphatic carbocycles. The van der Waals surface area contributed by atoms with Gasteiger partial charge in [0.25, 0.3) is 0 Å². The Balaban J connectivity index is 1.89. The van der Waals surface area contributed by atoms with Crippen molar-refractivity contribution in [2.75, 3.05) is 5.32 Å². The van der Waals surface area contributed by atoms with Gasteiger partial charge in [0, 0.05) is 23.4 Å². The molecule has 0 aliphatic heterocycles. The lowest BCUT2D eigenvalue weighted by Gasteiger charge is -2.08. The van der Waals surface area contributed by atoms with Gasteiger partial charge in [-0.2, -0.15) is 0 Å². The van der Waals surface area contributed by atoms with E-state index in [2.05, 4.69) is 43.3 Å². The van der Waals surface area contributed by atoms with Crippen LogP contribution in [0.3, 0.4) is 0 Å². The van der Waals surface area contributed by atoms with E-state index < -0.39 is 0 Å². The van der Waals surface area contributed by atoms with E-state index in [0.717, 1.165) is 27.7 Å². The van der Waals surface area contributed by atoms with Gasteiger partial charge in [0.2, 0.25) is 0 Å². The fraction of sp³-hybridized carbons (Fsp3) is 0.0667. The molecule has 3 rings (SSSR count). The molecule has 2 aromatic heterocycles. The Bertz CT molecular complexity index is 698. The summed E-state index contributed by atoms with van der Waals surface area (Å²) < 4.78 is 0.938. The first-order valence-electron chi connectivity index (χ1n) is 6.01. The molecule has 19 heavy (non-hydrogen) atoms. The Morgan fingerprint density at radius 2 is 1.89 bits per heavy atom. The van der Waals surface area contributed by atoms with Crippen molar-refractivity contribution >= 4 is 32.7 Å². The molecule has 0 radical (unpaired) electrons. The standard InChI is InChI=1S/C15H12BrN3/c16-12-8-14-15(19-10-12)13(6-7-17-14)18-9-11-4-2-1-3-5-11/h1-8,10H,9H2,(H,17,18). The summed E-state index contributed by atoms with van der Waals surface area (Å²) in [6.07, 6.45) is 3.58. The number of rotatable bonds is 3. The topological polar surface area (TPSA) is 37.8 Å². The lowest BCUT2D eigenvalue weighted by atomic mass is 10.2. The maximum absolute atomic E-state index is 4.42. The van der Waals surface area contributed by atoms with Gasteiger partial charge < -0.3 is 5.32 Å². The summed E-state index contributed by atoms with van der Waals surface area (Å²) in [5, 5.41) is 3.41. The Labute approximate surface area is 119 Å². The molecule has 0 amide bonds. The fourth-order valence-corrected chi connectivity index (χ4v) is 2.26. The molecule has 0 saturated heterocycles. The van der Waals surface area contributed by atoms with Gasteiger partial charge in [-0.25, -0.2) is 0 Å². The third-order valence-corrected chi connectivity index (χ3v) is 3.30. The van der Waals surface area contributed by atoms with E-state index in [1.165, 1.54) is 5.56 Å². The van der Waals surface area contributed by atoms with Crippen molar-refractivity contribution in [3.63, 3.8) is 0 Å². The van der Waals surface area contributed by atoms with Crippen LogP contribution in [0.5, 0.6) is 0 Å².